The lowest BCUT2D eigenvalue weighted by Gasteiger charge is -2.42. The van der Waals surface area contributed by atoms with Crippen molar-refractivity contribution in [3.8, 4) is 0 Å². The highest BCUT2D eigenvalue weighted by molar-refractivity contribution is 5.92. The molecule has 0 bridgehead atoms. The van der Waals surface area contributed by atoms with Gasteiger partial charge in [0.15, 0.2) is 5.76 Å². The maximum atomic E-state index is 12.4. The minimum absolute atomic E-state index is 0.132. The molecule has 1 aromatic carbocycles. The molecule has 0 spiro atoms. The van der Waals surface area contributed by atoms with Gasteiger partial charge < -0.3 is 14.8 Å². The minimum Gasteiger partial charge on any atom is -0.456 e. The van der Waals surface area contributed by atoms with E-state index in [1.807, 2.05) is 6.07 Å². The van der Waals surface area contributed by atoms with E-state index in [2.05, 4.69) is 52.1 Å². The third-order valence-electron chi connectivity index (χ3n) is 6.41. The molecule has 3 rings (SSSR count). The standard InChI is InChI=1S/C25H35NO3/c1-16-12-19-20(24(4,5)11-10-23(19,2)3)14-17(16)13-18-8-9-21(29-18)22(28)26-25(6,7)15-27/h8-9,12,14,27H,10-11,13,15H2,1-7H3,(H,26,28). The lowest BCUT2D eigenvalue weighted by atomic mass is 9.62. The summed E-state index contributed by atoms with van der Waals surface area (Å²) in [5.41, 5.74) is 5.08. The van der Waals surface area contributed by atoms with E-state index in [0.29, 0.717) is 6.42 Å². The number of aryl methyl sites for hydroxylation is 1. The maximum absolute atomic E-state index is 12.4. The molecule has 0 saturated heterocycles. The highest BCUT2D eigenvalue weighted by Crippen LogP contribution is 2.46. The number of fused-ring (bicyclic) bond motifs is 1. The first-order valence-corrected chi connectivity index (χ1v) is 10.5. The van der Waals surface area contributed by atoms with Crippen molar-refractivity contribution in [1.82, 2.24) is 5.32 Å². The van der Waals surface area contributed by atoms with Crippen LogP contribution in [-0.4, -0.2) is 23.2 Å². The fourth-order valence-corrected chi connectivity index (χ4v) is 4.15. The van der Waals surface area contributed by atoms with Gasteiger partial charge in [-0.05, 0) is 78.8 Å². The van der Waals surface area contributed by atoms with Crippen LogP contribution in [0.4, 0.5) is 0 Å². The fraction of sp³-hybridized carbons (Fsp3) is 0.560. The number of amides is 1. The van der Waals surface area contributed by atoms with Crippen LogP contribution >= 0.6 is 0 Å². The summed E-state index contributed by atoms with van der Waals surface area (Å²) in [6.45, 7) is 14.9. The van der Waals surface area contributed by atoms with Gasteiger partial charge in [-0.15, -0.1) is 0 Å². The van der Waals surface area contributed by atoms with Crippen molar-refractivity contribution in [1.29, 1.82) is 0 Å². The van der Waals surface area contributed by atoms with Crippen LogP contribution in [0.15, 0.2) is 28.7 Å². The van der Waals surface area contributed by atoms with Crippen molar-refractivity contribution >= 4 is 5.91 Å². The third kappa shape index (κ3) is 4.42. The van der Waals surface area contributed by atoms with E-state index in [4.69, 9.17) is 4.42 Å². The van der Waals surface area contributed by atoms with Gasteiger partial charge in [0.05, 0.1) is 12.1 Å². The van der Waals surface area contributed by atoms with Gasteiger partial charge >= 0.3 is 0 Å². The summed E-state index contributed by atoms with van der Waals surface area (Å²) in [6, 6.07) is 8.28. The zero-order valence-electron chi connectivity index (χ0n) is 18.9. The first-order valence-electron chi connectivity index (χ1n) is 10.5. The summed E-state index contributed by atoms with van der Waals surface area (Å²) < 4.78 is 5.84. The highest BCUT2D eigenvalue weighted by Gasteiger charge is 2.37. The second kappa shape index (κ2) is 7.32. The summed E-state index contributed by atoms with van der Waals surface area (Å²) in [6.07, 6.45) is 3.04. The van der Waals surface area contributed by atoms with Crippen LogP contribution in [-0.2, 0) is 17.3 Å². The van der Waals surface area contributed by atoms with E-state index in [0.717, 1.165) is 5.76 Å². The lowest BCUT2D eigenvalue weighted by Crippen LogP contribution is -2.46. The molecule has 0 aliphatic heterocycles. The molecule has 29 heavy (non-hydrogen) atoms. The van der Waals surface area contributed by atoms with Crippen LogP contribution < -0.4 is 5.32 Å². The zero-order chi connectivity index (χ0) is 21.6. The van der Waals surface area contributed by atoms with Crippen molar-refractivity contribution in [2.45, 2.75) is 84.1 Å². The zero-order valence-corrected chi connectivity index (χ0v) is 18.9. The monoisotopic (exact) mass is 397 g/mol. The molecule has 1 aliphatic rings. The smallest absolute Gasteiger partial charge is 0.287 e. The first kappa shape index (κ1) is 21.6. The number of nitrogens with one attached hydrogen (secondary N) is 1. The highest BCUT2D eigenvalue weighted by atomic mass is 16.3. The maximum Gasteiger partial charge on any atom is 0.287 e. The molecule has 1 amide bonds. The summed E-state index contributed by atoms with van der Waals surface area (Å²) in [5.74, 6) is 0.742. The number of aliphatic hydroxyl groups excluding tert-OH is 1. The van der Waals surface area contributed by atoms with Crippen LogP contribution in [0.1, 0.15) is 93.0 Å². The molecule has 1 aliphatic carbocycles. The van der Waals surface area contributed by atoms with E-state index in [9.17, 15) is 9.90 Å². The number of hydrogen-bond acceptors (Lipinski definition) is 3. The average Bonchev–Trinajstić information content (AvgIpc) is 3.09. The molecule has 2 aromatic rings. The normalized spacial score (nSPS) is 17.7. The van der Waals surface area contributed by atoms with Crippen LogP contribution in [0.25, 0.3) is 0 Å². The van der Waals surface area contributed by atoms with E-state index in [-0.39, 0.29) is 29.1 Å². The molecule has 0 saturated carbocycles. The quantitative estimate of drug-likeness (QED) is 0.744. The Bertz CT molecular complexity index is 918. The predicted octanol–water partition coefficient (Wildman–Crippen LogP) is 5.03. The van der Waals surface area contributed by atoms with Crippen molar-refractivity contribution in [3.05, 3.63) is 58.0 Å². The molecule has 0 atom stereocenters. The number of carbonyl (C=O) groups excluding carboxylic acids is 1. The minimum atomic E-state index is -0.683. The first-order chi connectivity index (χ1) is 13.3. The van der Waals surface area contributed by atoms with E-state index in [1.54, 1.807) is 19.9 Å². The molecular formula is C25H35NO3. The summed E-state index contributed by atoms with van der Waals surface area (Å²) in [4.78, 5) is 12.4. The molecule has 4 nitrogen and oxygen atoms in total. The number of benzene rings is 1. The van der Waals surface area contributed by atoms with Crippen LogP contribution in [0.5, 0.6) is 0 Å². The number of hydrogen-bond donors (Lipinski definition) is 2. The Balaban J connectivity index is 1.87. The molecule has 1 aromatic heterocycles. The molecule has 0 unspecified atom stereocenters. The van der Waals surface area contributed by atoms with Crippen LogP contribution in [0, 0.1) is 6.92 Å². The summed E-state index contributed by atoms with van der Waals surface area (Å²) in [7, 11) is 0. The number of rotatable bonds is 5. The second-order valence-electron chi connectivity index (χ2n) is 10.5. The van der Waals surface area contributed by atoms with Gasteiger partial charge in [0.1, 0.15) is 5.76 Å². The largest absolute Gasteiger partial charge is 0.456 e. The van der Waals surface area contributed by atoms with Crippen LogP contribution in [0.3, 0.4) is 0 Å². The summed E-state index contributed by atoms with van der Waals surface area (Å²) >= 11 is 0. The molecule has 1 heterocycles. The fourth-order valence-electron chi connectivity index (χ4n) is 4.15. The Hall–Kier alpha value is -2.07. The van der Waals surface area contributed by atoms with Crippen LogP contribution in [0.2, 0.25) is 0 Å². The van der Waals surface area contributed by atoms with Gasteiger partial charge in [-0.25, -0.2) is 0 Å². The lowest BCUT2D eigenvalue weighted by molar-refractivity contribution is 0.0839. The van der Waals surface area contributed by atoms with Crippen molar-refractivity contribution < 1.29 is 14.3 Å². The Morgan fingerprint density at radius 1 is 1.10 bits per heavy atom. The molecule has 0 radical (unpaired) electrons. The second-order valence-corrected chi connectivity index (χ2v) is 10.5. The van der Waals surface area contributed by atoms with Gasteiger partial charge in [-0.1, -0.05) is 39.8 Å². The van der Waals surface area contributed by atoms with Gasteiger partial charge in [0.25, 0.3) is 5.91 Å². The van der Waals surface area contributed by atoms with Crippen molar-refractivity contribution in [2.24, 2.45) is 0 Å². The Morgan fingerprint density at radius 2 is 1.69 bits per heavy atom. The molecule has 2 N–H and O–H groups in total. The van der Waals surface area contributed by atoms with Crippen molar-refractivity contribution in [2.75, 3.05) is 6.61 Å². The van der Waals surface area contributed by atoms with E-state index in [1.165, 1.54) is 35.1 Å². The molecule has 158 valence electrons. The Labute approximate surface area is 174 Å². The van der Waals surface area contributed by atoms with Gasteiger partial charge in [-0.3, -0.25) is 4.79 Å². The number of furan rings is 1. The van der Waals surface area contributed by atoms with E-state index < -0.39 is 5.54 Å². The molecule has 4 heteroatoms. The predicted molar refractivity (Wildman–Crippen MR) is 117 cm³/mol. The Morgan fingerprint density at radius 3 is 2.28 bits per heavy atom. The van der Waals surface area contributed by atoms with Crippen molar-refractivity contribution in [3.63, 3.8) is 0 Å². The number of aliphatic hydroxyl groups is 1. The topological polar surface area (TPSA) is 62.5 Å². The SMILES string of the molecule is Cc1cc2c(cc1Cc1ccc(C(=O)NC(C)(C)CO)o1)C(C)(C)CCC2(C)C. The van der Waals surface area contributed by atoms with Gasteiger partial charge in [0, 0.05) is 6.42 Å². The molecular weight excluding hydrogens is 362 g/mol. The average molecular weight is 398 g/mol. The van der Waals surface area contributed by atoms with Gasteiger partial charge in [0.2, 0.25) is 0 Å². The number of carbonyl (C=O) groups is 1. The summed E-state index contributed by atoms with van der Waals surface area (Å²) in [5, 5.41) is 12.1. The third-order valence-corrected chi connectivity index (χ3v) is 6.41. The Kier molecular flexibility index (Phi) is 5.46. The van der Waals surface area contributed by atoms with Gasteiger partial charge in [-0.2, -0.15) is 0 Å². The molecule has 0 fully saturated rings. The van der Waals surface area contributed by atoms with E-state index >= 15 is 0 Å².